The Labute approximate surface area is 110 Å². The summed E-state index contributed by atoms with van der Waals surface area (Å²) in [5, 5.41) is 8.44. The number of nitrogens with zero attached hydrogens (tertiary/aromatic N) is 5. The highest BCUT2D eigenvalue weighted by Gasteiger charge is 2.15. The predicted molar refractivity (Wildman–Crippen MR) is 72.0 cm³/mol. The average Bonchev–Trinajstić information content (AvgIpc) is 3.05. The molecule has 5 heteroatoms. The summed E-state index contributed by atoms with van der Waals surface area (Å²) in [6, 6.07) is 11.6. The van der Waals surface area contributed by atoms with Crippen molar-refractivity contribution >= 4 is 5.82 Å². The zero-order chi connectivity index (χ0) is 13.2. The maximum absolute atomic E-state index is 7.25. The summed E-state index contributed by atoms with van der Waals surface area (Å²) in [5.41, 5.74) is 2.60. The molecule has 5 nitrogen and oxygen atoms in total. The molecule has 3 rings (SSSR count). The summed E-state index contributed by atoms with van der Waals surface area (Å²) >= 11 is 0. The van der Waals surface area contributed by atoms with Crippen LogP contribution in [0.15, 0.2) is 48.8 Å². The van der Waals surface area contributed by atoms with Gasteiger partial charge in [-0.3, -0.25) is 4.68 Å². The number of rotatable bonds is 2. The van der Waals surface area contributed by atoms with Gasteiger partial charge in [-0.25, -0.2) is 0 Å². The average molecular weight is 249 g/mol. The van der Waals surface area contributed by atoms with Crippen molar-refractivity contribution in [2.45, 2.75) is 0 Å². The van der Waals surface area contributed by atoms with Crippen LogP contribution in [0.3, 0.4) is 0 Å². The Kier molecular flexibility index (Phi) is 2.62. The molecule has 3 aromatic rings. The summed E-state index contributed by atoms with van der Waals surface area (Å²) in [7, 11) is 1.85. The van der Waals surface area contributed by atoms with E-state index in [0.29, 0.717) is 5.82 Å². The van der Waals surface area contributed by atoms with E-state index in [1.165, 1.54) is 0 Å². The fraction of sp³-hybridized carbons (Fsp3) is 0.0714. The Bertz CT molecular complexity index is 746. The van der Waals surface area contributed by atoms with Crippen LogP contribution in [0.1, 0.15) is 0 Å². The molecule has 0 aliphatic rings. The number of benzene rings is 1. The van der Waals surface area contributed by atoms with Gasteiger partial charge in [-0.05, 0) is 23.3 Å². The fourth-order valence-electron chi connectivity index (χ4n) is 1.98. The SMILES string of the molecule is [C-]#[N+]c1nn(-c2ccccc2)cc1-c1ccnn1C. The molecule has 92 valence electrons. The highest BCUT2D eigenvalue weighted by molar-refractivity contribution is 5.73. The van der Waals surface area contributed by atoms with Gasteiger partial charge in [0, 0.05) is 18.8 Å². The van der Waals surface area contributed by atoms with Gasteiger partial charge in [-0.15, -0.1) is 0 Å². The number of aromatic nitrogens is 4. The van der Waals surface area contributed by atoms with E-state index >= 15 is 0 Å². The Morgan fingerprint density at radius 3 is 2.58 bits per heavy atom. The first-order valence-corrected chi connectivity index (χ1v) is 5.80. The molecule has 0 fully saturated rings. The van der Waals surface area contributed by atoms with Crippen LogP contribution in [0.5, 0.6) is 0 Å². The van der Waals surface area contributed by atoms with Crippen LogP contribution in [0.25, 0.3) is 21.8 Å². The van der Waals surface area contributed by atoms with Gasteiger partial charge in [-0.2, -0.15) is 9.78 Å². The summed E-state index contributed by atoms with van der Waals surface area (Å²) in [6.07, 6.45) is 3.57. The lowest BCUT2D eigenvalue weighted by Crippen LogP contribution is -1.93. The number of para-hydroxylation sites is 1. The minimum Gasteiger partial charge on any atom is -0.358 e. The number of hydrogen-bond donors (Lipinski definition) is 0. The minimum absolute atomic E-state index is 0.382. The van der Waals surface area contributed by atoms with Crippen molar-refractivity contribution in [2.75, 3.05) is 0 Å². The molecule has 0 radical (unpaired) electrons. The summed E-state index contributed by atoms with van der Waals surface area (Å²) in [4.78, 5) is 3.49. The number of hydrogen-bond acceptors (Lipinski definition) is 2. The molecule has 0 saturated carbocycles. The zero-order valence-corrected chi connectivity index (χ0v) is 10.4. The molecule has 0 aliphatic carbocycles. The van der Waals surface area contributed by atoms with Gasteiger partial charge in [0.1, 0.15) is 0 Å². The standard InChI is InChI=1S/C14H11N5/c1-15-14-12(13-8-9-16-18(13)2)10-19(17-14)11-6-4-3-5-7-11/h3-10H,2H3. The van der Waals surface area contributed by atoms with Gasteiger partial charge >= 0.3 is 5.82 Å². The van der Waals surface area contributed by atoms with E-state index in [2.05, 4.69) is 15.0 Å². The molecular weight excluding hydrogens is 238 g/mol. The van der Waals surface area contributed by atoms with Crippen molar-refractivity contribution in [3.63, 3.8) is 0 Å². The summed E-state index contributed by atoms with van der Waals surface area (Å²) < 4.78 is 3.46. The van der Waals surface area contributed by atoms with Crippen LogP contribution in [0.4, 0.5) is 5.82 Å². The first kappa shape index (κ1) is 11.2. The van der Waals surface area contributed by atoms with Crippen LogP contribution in [-0.4, -0.2) is 19.6 Å². The van der Waals surface area contributed by atoms with Crippen molar-refractivity contribution in [1.29, 1.82) is 0 Å². The van der Waals surface area contributed by atoms with Crippen LogP contribution >= 0.6 is 0 Å². The van der Waals surface area contributed by atoms with E-state index in [1.54, 1.807) is 15.6 Å². The maximum Gasteiger partial charge on any atom is 0.305 e. The van der Waals surface area contributed by atoms with E-state index in [0.717, 1.165) is 16.9 Å². The molecule has 2 aromatic heterocycles. The van der Waals surface area contributed by atoms with Crippen molar-refractivity contribution in [1.82, 2.24) is 19.6 Å². The lowest BCUT2D eigenvalue weighted by molar-refractivity contribution is 0.776. The van der Waals surface area contributed by atoms with Gasteiger partial charge < -0.3 is 4.85 Å². The third-order valence-corrected chi connectivity index (χ3v) is 2.92. The van der Waals surface area contributed by atoms with Crippen LogP contribution in [-0.2, 0) is 7.05 Å². The monoisotopic (exact) mass is 249 g/mol. The molecule has 0 bridgehead atoms. The third kappa shape index (κ3) is 1.89. The zero-order valence-electron chi connectivity index (χ0n) is 10.4. The van der Waals surface area contributed by atoms with Gasteiger partial charge in [0.05, 0.1) is 17.6 Å². The van der Waals surface area contributed by atoms with Gasteiger partial charge in [0.2, 0.25) is 0 Å². The molecule has 0 atom stereocenters. The van der Waals surface area contributed by atoms with E-state index in [9.17, 15) is 0 Å². The largest absolute Gasteiger partial charge is 0.358 e. The van der Waals surface area contributed by atoms with E-state index < -0.39 is 0 Å². The number of aryl methyl sites for hydroxylation is 1. The first-order chi connectivity index (χ1) is 9.29. The second-order valence-corrected chi connectivity index (χ2v) is 4.10. The molecule has 19 heavy (non-hydrogen) atoms. The quantitative estimate of drug-likeness (QED) is 0.655. The van der Waals surface area contributed by atoms with E-state index in [4.69, 9.17) is 6.57 Å². The van der Waals surface area contributed by atoms with E-state index in [1.807, 2.05) is 49.6 Å². The molecule has 0 spiro atoms. The van der Waals surface area contributed by atoms with Crippen molar-refractivity contribution < 1.29 is 0 Å². The van der Waals surface area contributed by atoms with Gasteiger partial charge in [-0.1, -0.05) is 24.8 Å². The van der Waals surface area contributed by atoms with Gasteiger partial charge in [0.15, 0.2) is 0 Å². The minimum atomic E-state index is 0.382. The summed E-state index contributed by atoms with van der Waals surface area (Å²) in [5.74, 6) is 0.382. The Balaban J connectivity index is 2.15. The highest BCUT2D eigenvalue weighted by Crippen LogP contribution is 2.29. The van der Waals surface area contributed by atoms with Crippen molar-refractivity contribution in [2.24, 2.45) is 7.05 Å². The molecule has 2 heterocycles. The topological polar surface area (TPSA) is 40.0 Å². The third-order valence-electron chi connectivity index (χ3n) is 2.92. The molecule has 0 saturated heterocycles. The molecule has 0 aliphatic heterocycles. The van der Waals surface area contributed by atoms with Crippen molar-refractivity contribution in [3.8, 4) is 16.9 Å². The summed E-state index contributed by atoms with van der Waals surface area (Å²) in [6.45, 7) is 7.25. The van der Waals surface area contributed by atoms with Crippen molar-refractivity contribution in [3.05, 3.63) is 60.2 Å². The fourth-order valence-corrected chi connectivity index (χ4v) is 1.98. The lowest BCUT2D eigenvalue weighted by Gasteiger charge is -1.98. The second kappa shape index (κ2) is 4.42. The highest BCUT2D eigenvalue weighted by atomic mass is 15.3. The lowest BCUT2D eigenvalue weighted by atomic mass is 10.2. The van der Waals surface area contributed by atoms with E-state index in [-0.39, 0.29) is 0 Å². The van der Waals surface area contributed by atoms with Gasteiger partial charge in [0.25, 0.3) is 0 Å². The first-order valence-electron chi connectivity index (χ1n) is 5.80. The molecule has 0 amide bonds. The van der Waals surface area contributed by atoms with Crippen LogP contribution in [0.2, 0.25) is 0 Å². The molecule has 0 unspecified atom stereocenters. The predicted octanol–water partition coefficient (Wildman–Crippen LogP) is 2.82. The Morgan fingerprint density at radius 2 is 1.95 bits per heavy atom. The molecular formula is C14H11N5. The van der Waals surface area contributed by atoms with Crippen LogP contribution < -0.4 is 0 Å². The second-order valence-electron chi connectivity index (χ2n) is 4.10. The molecule has 0 N–H and O–H groups in total. The van der Waals surface area contributed by atoms with Crippen LogP contribution in [0, 0.1) is 6.57 Å². The smallest absolute Gasteiger partial charge is 0.305 e. The normalized spacial score (nSPS) is 10.3. The Morgan fingerprint density at radius 1 is 1.16 bits per heavy atom. The molecule has 1 aromatic carbocycles. The Hall–Kier alpha value is -2.87. The maximum atomic E-state index is 7.25.